The second-order valence-corrected chi connectivity index (χ2v) is 4.69. The lowest BCUT2D eigenvalue weighted by Gasteiger charge is -2.28. The van der Waals surface area contributed by atoms with Crippen LogP contribution in [-0.4, -0.2) is 23.8 Å². The van der Waals surface area contributed by atoms with Crippen molar-refractivity contribution in [3.8, 4) is 5.88 Å². The summed E-state index contributed by atoms with van der Waals surface area (Å²) in [7, 11) is 0. The molecule has 96 valence electrons. The molecule has 0 saturated heterocycles. The topological polar surface area (TPSA) is 60.5 Å². The average molecular weight is 248 g/mol. The standard InChI is InChI=1S/C13H16N2O3/c16-13(18-9-3-1-4-9)15-11-6-8-17-12-10(11)5-2-7-14-12/h2,5,7,9,11H,1,3-4,6,8H2,(H,15,16). The number of aromatic nitrogens is 1. The Morgan fingerprint density at radius 3 is 3.11 bits per heavy atom. The maximum absolute atomic E-state index is 11.7. The summed E-state index contributed by atoms with van der Waals surface area (Å²) in [6.07, 6.45) is 5.34. The molecule has 0 bridgehead atoms. The molecule has 1 aliphatic heterocycles. The first-order valence-corrected chi connectivity index (χ1v) is 6.38. The molecule has 0 radical (unpaired) electrons. The summed E-state index contributed by atoms with van der Waals surface area (Å²) >= 11 is 0. The Hall–Kier alpha value is -1.78. The molecule has 1 saturated carbocycles. The van der Waals surface area contributed by atoms with E-state index < -0.39 is 0 Å². The number of pyridine rings is 1. The molecule has 5 nitrogen and oxygen atoms in total. The molecule has 1 atom stereocenters. The van der Waals surface area contributed by atoms with Crippen molar-refractivity contribution in [3.63, 3.8) is 0 Å². The van der Waals surface area contributed by atoms with Gasteiger partial charge in [0.15, 0.2) is 0 Å². The van der Waals surface area contributed by atoms with Gasteiger partial charge < -0.3 is 14.8 Å². The maximum atomic E-state index is 11.7. The Morgan fingerprint density at radius 2 is 2.33 bits per heavy atom. The van der Waals surface area contributed by atoms with Crippen molar-refractivity contribution in [1.82, 2.24) is 10.3 Å². The number of nitrogens with one attached hydrogen (secondary N) is 1. The lowest BCUT2D eigenvalue weighted by Crippen LogP contribution is -2.36. The molecular formula is C13H16N2O3. The molecule has 2 heterocycles. The highest BCUT2D eigenvalue weighted by atomic mass is 16.6. The molecule has 1 N–H and O–H groups in total. The molecular weight excluding hydrogens is 232 g/mol. The molecule has 1 aromatic rings. The molecule has 2 aliphatic rings. The van der Waals surface area contributed by atoms with Gasteiger partial charge in [-0.2, -0.15) is 0 Å². The summed E-state index contributed by atoms with van der Waals surface area (Å²) in [5, 5.41) is 2.89. The van der Waals surface area contributed by atoms with Gasteiger partial charge in [-0.15, -0.1) is 0 Å². The molecule has 1 aliphatic carbocycles. The molecule has 1 amide bonds. The van der Waals surface area contributed by atoms with E-state index in [0.717, 1.165) is 31.2 Å². The number of ether oxygens (including phenoxy) is 2. The summed E-state index contributed by atoms with van der Waals surface area (Å²) < 4.78 is 10.7. The Kier molecular flexibility index (Phi) is 3.04. The number of carbonyl (C=O) groups excluding carboxylic acids is 1. The molecule has 3 rings (SSSR count). The fraction of sp³-hybridized carbons (Fsp3) is 0.538. The van der Waals surface area contributed by atoms with Crippen LogP contribution in [0.15, 0.2) is 18.3 Å². The van der Waals surface area contributed by atoms with Crippen molar-refractivity contribution < 1.29 is 14.3 Å². The van der Waals surface area contributed by atoms with Gasteiger partial charge in [-0.3, -0.25) is 0 Å². The van der Waals surface area contributed by atoms with Crippen LogP contribution >= 0.6 is 0 Å². The van der Waals surface area contributed by atoms with Gasteiger partial charge in [0.05, 0.1) is 12.6 Å². The maximum Gasteiger partial charge on any atom is 0.407 e. The van der Waals surface area contributed by atoms with Gasteiger partial charge in [0, 0.05) is 18.2 Å². The van der Waals surface area contributed by atoms with Crippen LogP contribution in [0.25, 0.3) is 0 Å². The molecule has 18 heavy (non-hydrogen) atoms. The zero-order valence-electron chi connectivity index (χ0n) is 10.1. The van der Waals surface area contributed by atoms with E-state index >= 15 is 0 Å². The van der Waals surface area contributed by atoms with E-state index in [-0.39, 0.29) is 18.2 Å². The Labute approximate surface area is 105 Å². The first-order chi connectivity index (χ1) is 8.83. The highest BCUT2D eigenvalue weighted by Gasteiger charge is 2.26. The van der Waals surface area contributed by atoms with E-state index in [1.165, 1.54) is 0 Å². The first kappa shape index (κ1) is 11.3. The van der Waals surface area contributed by atoms with Gasteiger partial charge in [-0.25, -0.2) is 9.78 Å². The van der Waals surface area contributed by atoms with Crippen LogP contribution in [0.4, 0.5) is 4.79 Å². The van der Waals surface area contributed by atoms with Gasteiger partial charge in [0.25, 0.3) is 0 Å². The van der Waals surface area contributed by atoms with Crippen LogP contribution in [0, 0.1) is 0 Å². The summed E-state index contributed by atoms with van der Waals surface area (Å²) in [5.41, 5.74) is 0.925. The third kappa shape index (κ3) is 2.25. The van der Waals surface area contributed by atoms with Crippen molar-refractivity contribution >= 4 is 6.09 Å². The fourth-order valence-electron chi connectivity index (χ4n) is 2.18. The Bertz CT molecular complexity index is 446. The van der Waals surface area contributed by atoms with Crippen molar-refractivity contribution in [2.75, 3.05) is 6.61 Å². The monoisotopic (exact) mass is 248 g/mol. The third-order valence-corrected chi connectivity index (χ3v) is 3.44. The van der Waals surface area contributed by atoms with E-state index in [1.807, 2.05) is 12.1 Å². The molecule has 5 heteroatoms. The van der Waals surface area contributed by atoms with Crippen molar-refractivity contribution in [3.05, 3.63) is 23.9 Å². The number of amides is 1. The van der Waals surface area contributed by atoms with Crippen LogP contribution in [0.3, 0.4) is 0 Å². The van der Waals surface area contributed by atoms with E-state index in [0.29, 0.717) is 12.5 Å². The number of carbonyl (C=O) groups is 1. The fourth-order valence-corrected chi connectivity index (χ4v) is 2.18. The van der Waals surface area contributed by atoms with Crippen LogP contribution in [0.1, 0.15) is 37.3 Å². The molecule has 1 unspecified atom stereocenters. The zero-order chi connectivity index (χ0) is 12.4. The second-order valence-electron chi connectivity index (χ2n) is 4.69. The quantitative estimate of drug-likeness (QED) is 0.871. The smallest absolute Gasteiger partial charge is 0.407 e. The van der Waals surface area contributed by atoms with Crippen molar-refractivity contribution in [2.24, 2.45) is 0 Å². The van der Waals surface area contributed by atoms with Crippen LogP contribution < -0.4 is 10.1 Å². The molecule has 1 fully saturated rings. The van der Waals surface area contributed by atoms with Crippen molar-refractivity contribution in [1.29, 1.82) is 0 Å². The van der Waals surface area contributed by atoms with Gasteiger partial charge in [-0.05, 0) is 25.3 Å². The predicted molar refractivity (Wildman–Crippen MR) is 64.3 cm³/mol. The van der Waals surface area contributed by atoms with Gasteiger partial charge in [0.2, 0.25) is 5.88 Å². The summed E-state index contributed by atoms with van der Waals surface area (Å²) in [6, 6.07) is 3.71. The first-order valence-electron chi connectivity index (χ1n) is 6.38. The average Bonchev–Trinajstić information content (AvgIpc) is 2.34. The van der Waals surface area contributed by atoms with Gasteiger partial charge in [-0.1, -0.05) is 6.07 Å². The summed E-state index contributed by atoms with van der Waals surface area (Å²) in [4.78, 5) is 15.9. The molecule has 0 aromatic carbocycles. The number of rotatable bonds is 2. The molecule has 1 aromatic heterocycles. The van der Waals surface area contributed by atoms with Gasteiger partial charge >= 0.3 is 6.09 Å². The Morgan fingerprint density at radius 1 is 1.44 bits per heavy atom. The second kappa shape index (κ2) is 4.84. The van der Waals surface area contributed by atoms with Crippen LogP contribution in [0.5, 0.6) is 5.88 Å². The predicted octanol–water partition coefficient (Wildman–Crippen LogP) is 2.18. The van der Waals surface area contributed by atoms with Crippen LogP contribution in [0.2, 0.25) is 0 Å². The van der Waals surface area contributed by atoms with Crippen molar-refractivity contribution in [2.45, 2.75) is 37.8 Å². The number of nitrogens with zero attached hydrogens (tertiary/aromatic N) is 1. The highest BCUT2D eigenvalue weighted by molar-refractivity contribution is 5.68. The minimum absolute atomic E-state index is 0.0602. The van der Waals surface area contributed by atoms with Gasteiger partial charge in [0.1, 0.15) is 6.10 Å². The number of hydrogen-bond acceptors (Lipinski definition) is 4. The normalized spacial score (nSPS) is 22.3. The van der Waals surface area contributed by atoms with Crippen LogP contribution in [-0.2, 0) is 4.74 Å². The largest absolute Gasteiger partial charge is 0.477 e. The van der Waals surface area contributed by atoms with E-state index in [9.17, 15) is 4.79 Å². The van der Waals surface area contributed by atoms with E-state index in [4.69, 9.17) is 9.47 Å². The third-order valence-electron chi connectivity index (χ3n) is 3.44. The van der Waals surface area contributed by atoms with E-state index in [2.05, 4.69) is 10.3 Å². The number of alkyl carbamates (subject to hydrolysis) is 1. The number of fused-ring (bicyclic) bond motifs is 1. The highest BCUT2D eigenvalue weighted by Crippen LogP contribution is 2.30. The number of hydrogen-bond donors (Lipinski definition) is 1. The van der Waals surface area contributed by atoms with E-state index in [1.54, 1.807) is 6.20 Å². The molecule has 0 spiro atoms. The lowest BCUT2D eigenvalue weighted by atomic mass is 9.96. The Balaban J connectivity index is 1.64. The zero-order valence-corrected chi connectivity index (χ0v) is 10.1. The minimum atomic E-state index is -0.332. The summed E-state index contributed by atoms with van der Waals surface area (Å²) in [5.74, 6) is 0.609. The SMILES string of the molecule is O=C(NC1CCOc2ncccc21)OC1CCC1. The minimum Gasteiger partial charge on any atom is -0.477 e. The lowest BCUT2D eigenvalue weighted by molar-refractivity contribution is 0.0491. The summed E-state index contributed by atoms with van der Waals surface area (Å²) in [6.45, 7) is 0.568.